The third-order valence-electron chi connectivity index (χ3n) is 6.47. The molecular weight excluding hydrogens is 416 g/mol. The topological polar surface area (TPSA) is 45.3 Å². The van der Waals surface area contributed by atoms with E-state index in [0.717, 1.165) is 53.6 Å². The number of hydrogen-bond acceptors (Lipinski definition) is 2. The van der Waals surface area contributed by atoms with Crippen LogP contribution < -0.4 is 4.74 Å². The molecule has 0 radical (unpaired) electrons. The van der Waals surface area contributed by atoms with Crippen LogP contribution in [0.1, 0.15) is 50.4 Å². The van der Waals surface area contributed by atoms with Gasteiger partial charge in [-0.15, -0.1) is 0 Å². The number of nitrogens with zero attached hydrogens (tertiary/aromatic N) is 1. The lowest BCUT2D eigenvalue weighted by molar-refractivity contribution is 0.296. The van der Waals surface area contributed by atoms with Gasteiger partial charge in [-0.25, -0.2) is 8.51 Å². The van der Waals surface area contributed by atoms with Crippen molar-refractivity contribution in [1.29, 1.82) is 0 Å². The van der Waals surface area contributed by atoms with E-state index in [1.54, 1.807) is 0 Å². The Morgan fingerprint density at radius 2 is 1.81 bits per heavy atom. The maximum absolute atomic E-state index is 14.3. The van der Waals surface area contributed by atoms with E-state index in [2.05, 4.69) is 58.7 Å². The van der Waals surface area contributed by atoms with E-state index in [1.807, 2.05) is 25.1 Å². The molecule has 1 aliphatic rings. The Morgan fingerprint density at radius 1 is 1.03 bits per heavy atom. The van der Waals surface area contributed by atoms with Crippen LogP contribution in [0.3, 0.4) is 0 Å². The fraction of sp³-hybridized carbons (Fsp3) is 0.333. The summed E-state index contributed by atoms with van der Waals surface area (Å²) in [7, 11) is -1.33. The van der Waals surface area contributed by atoms with Crippen molar-refractivity contribution < 1.29 is 8.95 Å². The Hall–Kier alpha value is -2.63. The fourth-order valence-corrected chi connectivity index (χ4v) is 6.58. The van der Waals surface area contributed by atoms with Crippen LogP contribution in [0.5, 0.6) is 5.75 Å². The summed E-state index contributed by atoms with van der Waals surface area (Å²) in [5, 5.41) is 3.40. The standard InChI is InChI=1S/C27H30N2O2S/c1-3-5-14-24-26-22(21-12-8-9-13-23(21)28-26)17-18-29(24)32(30)27-20-11-7-6-10-19(20)15-16-25(27)31-4-2/h6-13,15-16,24,28H,3-5,14,17-18H2,1-2H3. The zero-order chi connectivity index (χ0) is 22.1. The predicted molar refractivity (Wildman–Crippen MR) is 133 cm³/mol. The van der Waals surface area contributed by atoms with Gasteiger partial charge in [-0.1, -0.05) is 68.3 Å². The summed E-state index contributed by atoms with van der Waals surface area (Å²) in [5.74, 6) is 0.723. The Labute approximate surface area is 192 Å². The number of aromatic nitrogens is 1. The summed E-state index contributed by atoms with van der Waals surface area (Å²) in [6.45, 7) is 5.51. The average molecular weight is 447 g/mol. The lowest BCUT2D eigenvalue weighted by Gasteiger charge is -2.35. The first-order valence-corrected chi connectivity index (χ1v) is 12.8. The molecule has 0 amide bonds. The lowest BCUT2D eigenvalue weighted by Crippen LogP contribution is -2.37. The van der Waals surface area contributed by atoms with E-state index in [1.165, 1.54) is 22.2 Å². The molecule has 0 saturated heterocycles. The summed E-state index contributed by atoms with van der Waals surface area (Å²) in [6.07, 6.45) is 4.09. The molecule has 0 saturated carbocycles. The highest BCUT2D eigenvalue weighted by Crippen LogP contribution is 2.41. The van der Waals surface area contributed by atoms with Crippen LogP contribution in [0.2, 0.25) is 0 Å². The maximum atomic E-state index is 14.3. The van der Waals surface area contributed by atoms with Crippen molar-refractivity contribution in [3.8, 4) is 5.75 Å². The normalized spacial score (nSPS) is 17.5. The molecule has 1 N–H and O–H groups in total. The van der Waals surface area contributed by atoms with Gasteiger partial charge in [0.2, 0.25) is 0 Å². The molecule has 4 aromatic rings. The lowest BCUT2D eigenvalue weighted by atomic mass is 9.96. The summed E-state index contributed by atoms with van der Waals surface area (Å²) < 4.78 is 22.4. The van der Waals surface area contributed by atoms with E-state index in [9.17, 15) is 4.21 Å². The van der Waals surface area contributed by atoms with Crippen LogP contribution in [-0.2, 0) is 17.4 Å². The number of fused-ring (bicyclic) bond motifs is 4. The Kier molecular flexibility index (Phi) is 6.03. The highest BCUT2D eigenvalue weighted by atomic mass is 32.2. The van der Waals surface area contributed by atoms with Crippen molar-refractivity contribution in [3.05, 3.63) is 71.9 Å². The van der Waals surface area contributed by atoms with Gasteiger partial charge in [0.25, 0.3) is 0 Å². The van der Waals surface area contributed by atoms with Gasteiger partial charge in [0, 0.05) is 28.5 Å². The Morgan fingerprint density at radius 3 is 2.62 bits per heavy atom. The second kappa shape index (κ2) is 9.08. The minimum atomic E-state index is -1.33. The molecule has 1 aromatic heterocycles. The minimum Gasteiger partial charge on any atom is -0.493 e. The van der Waals surface area contributed by atoms with Gasteiger partial charge in [-0.3, -0.25) is 0 Å². The molecule has 5 rings (SSSR count). The van der Waals surface area contributed by atoms with Crippen molar-refractivity contribution in [2.45, 2.75) is 50.5 Å². The van der Waals surface area contributed by atoms with Crippen molar-refractivity contribution in [1.82, 2.24) is 9.29 Å². The van der Waals surface area contributed by atoms with Gasteiger partial charge in [-0.2, -0.15) is 0 Å². The number of unbranched alkanes of at least 4 members (excludes halogenated alkanes) is 1. The molecule has 0 spiro atoms. The monoisotopic (exact) mass is 446 g/mol. The quantitative estimate of drug-likeness (QED) is 0.351. The van der Waals surface area contributed by atoms with Gasteiger partial charge in [0.15, 0.2) is 0 Å². The van der Waals surface area contributed by atoms with E-state index >= 15 is 0 Å². The zero-order valence-corrected chi connectivity index (χ0v) is 19.6. The van der Waals surface area contributed by atoms with Crippen LogP contribution in [0.25, 0.3) is 21.7 Å². The maximum Gasteiger partial charge on any atom is 0.137 e. The predicted octanol–water partition coefficient (Wildman–Crippen LogP) is 6.53. The Bertz CT molecular complexity index is 1280. The van der Waals surface area contributed by atoms with E-state index in [0.29, 0.717) is 6.61 Å². The number of aromatic amines is 1. The third-order valence-corrected chi connectivity index (χ3v) is 8.11. The first kappa shape index (κ1) is 21.2. The van der Waals surface area contributed by atoms with Crippen molar-refractivity contribution in [2.24, 2.45) is 0 Å². The largest absolute Gasteiger partial charge is 0.493 e. The smallest absolute Gasteiger partial charge is 0.137 e. The number of ether oxygens (including phenoxy) is 1. The molecule has 2 atom stereocenters. The summed E-state index contributed by atoms with van der Waals surface area (Å²) in [6, 6.07) is 20.8. The molecule has 0 fully saturated rings. The number of H-pyrrole nitrogens is 1. The second-order valence-electron chi connectivity index (χ2n) is 8.41. The highest BCUT2D eigenvalue weighted by Gasteiger charge is 2.35. The first-order chi connectivity index (χ1) is 15.7. The number of rotatable bonds is 7. The molecule has 32 heavy (non-hydrogen) atoms. The van der Waals surface area contributed by atoms with Crippen molar-refractivity contribution in [2.75, 3.05) is 13.2 Å². The molecule has 1 aliphatic heterocycles. The van der Waals surface area contributed by atoms with Gasteiger partial charge in [0.1, 0.15) is 21.6 Å². The number of nitrogens with one attached hydrogen (secondary N) is 1. The Balaban J connectivity index is 1.62. The minimum absolute atomic E-state index is 0.0976. The van der Waals surface area contributed by atoms with Crippen LogP contribution >= 0.6 is 0 Å². The molecule has 0 aliphatic carbocycles. The molecular formula is C27H30N2O2S. The first-order valence-electron chi connectivity index (χ1n) is 11.7. The third kappa shape index (κ3) is 3.63. The van der Waals surface area contributed by atoms with Gasteiger partial charge in [-0.05, 0) is 42.8 Å². The molecule has 2 heterocycles. The van der Waals surface area contributed by atoms with Gasteiger partial charge >= 0.3 is 0 Å². The summed E-state index contributed by atoms with van der Waals surface area (Å²) >= 11 is 0. The summed E-state index contributed by atoms with van der Waals surface area (Å²) in [5.41, 5.74) is 3.79. The fourth-order valence-electron chi connectivity index (χ4n) is 4.97. The average Bonchev–Trinajstić information content (AvgIpc) is 3.21. The van der Waals surface area contributed by atoms with E-state index in [-0.39, 0.29) is 6.04 Å². The van der Waals surface area contributed by atoms with Gasteiger partial charge < -0.3 is 9.72 Å². The zero-order valence-electron chi connectivity index (χ0n) is 18.8. The second-order valence-corrected chi connectivity index (χ2v) is 9.78. The van der Waals surface area contributed by atoms with Crippen LogP contribution in [-0.4, -0.2) is 26.6 Å². The SMILES string of the molecule is CCCCC1c2[nH]c3ccccc3c2CCN1S(=O)c1c(OCC)ccc2ccccc12. The number of hydrogen-bond donors (Lipinski definition) is 1. The highest BCUT2D eigenvalue weighted by molar-refractivity contribution is 7.83. The molecule has 166 valence electrons. The number of para-hydroxylation sites is 1. The van der Waals surface area contributed by atoms with Crippen molar-refractivity contribution in [3.63, 3.8) is 0 Å². The molecule has 0 bridgehead atoms. The number of benzene rings is 3. The van der Waals surface area contributed by atoms with Gasteiger partial charge in [0.05, 0.1) is 12.6 Å². The molecule has 2 unspecified atom stereocenters. The van der Waals surface area contributed by atoms with E-state index < -0.39 is 11.0 Å². The molecule has 4 nitrogen and oxygen atoms in total. The van der Waals surface area contributed by atoms with E-state index in [4.69, 9.17) is 4.74 Å². The molecule has 5 heteroatoms. The molecule has 3 aromatic carbocycles. The van der Waals surface area contributed by atoms with Crippen molar-refractivity contribution >= 4 is 32.7 Å². The summed E-state index contributed by atoms with van der Waals surface area (Å²) in [4.78, 5) is 4.48. The van der Waals surface area contributed by atoms with Crippen LogP contribution in [0, 0.1) is 0 Å². The van der Waals surface area contributed by atoms with Crippen LogP contribution in [0.15, 0.2) is 65.6 Å². The van der Waals surface area contributed by atoms with Crippen LogP contribution in [0.4, 0.5) is 0 Å².